The molecule has 3 rings (SSSR count). The van der Waals surface area contributed by atoms with Gasteiger partial charge in [-0.05, 0) is 51.9 Å². The molecule has 0 atom stereocenters. The van der Waals surface area contributed by atoms with Gasteiger partial charge in [0.25, 0.3) is 5.79 Å². The molecule has 0 bridgehead atoms. The maximum atomic E-state index is 12.1. The van der Waals surface area contributed by atoms with E-state index in [0.29, 0.717) is 23.7 Å². The number of halogens is 1. The lowest BCUT2D eigenvalue weighted by Gasteiger charge is -2.29. The summed E-state index contributed by atoms with van der Waals surface area (Å²) in [7, 11) is 1.53. The summed E-state index contributed by atoms with van der Waals surface area (Å²) in [5, 5.41) is 0. The molecule has 0 amide bonds. The van der Waals surface area contributed by atoms with Crippen LogP contribution in [0.1, 0.15) is 25.0 Å². The van der Waals surface area contributed by atoms with Crippen LogP contribution in [0, 0.1) is 3.57 Å². The van der Waals surface area contributed by atoms with Gasteiger partial charge < -0.3 is 18.9 Å². The molecule has 0 spiro atoms. The number of benzene rings is 2. The zero-order chi connectivity index (χ0) is 20.3. The number of hydrogen-bond acceptors (Lipinski definition) is 6. The van der Waals surface area contributed by atoms with Crippen molar-refractivity contribution in [1.82, 2.24) is 0 Å². The smallest absolute Gasteiger partial charge is 0.348 e. The van der Waals surface area contributed by atoms with Gasteiger partial charge in [-0.25, -0.2) is 9.59 Å². The van der Waals surface area contributed by atoms with Crippen molar-refractivity contribution in [2.45, 2.75) is 26.2 Å². The minimum absolute atomic E-state index is 0.171. The first kappa shape index (κ1) is 20.2. The molecular formula is C21H19IO6. The van der Waals surface area contributed by atoms with Crippen LogP contribution in [0.3, 0.4) is 0 Å². The molecule has 28 heavy (non-hydrogen) atoms. The van der Waals surface area contributed by atoms with Gasteiger partial charge in [0.05, 0.1) is 10.7 Å². The first-order valence-corrected chi connectivity index (χ1v) is 9.59. The van der Waals surface area contributed by atoms with Crippen LogP contribution in [-0.4, -0.2) is 24.8 Å². The van der Waals surface area contributed by atoms with Crippen LogP contribution in [-0.2, 0) is 25.7 Å². The minimum Gasteiger partial charge on any atom is -0.493 e. The predicted octanol–water partition coefficient (Wildman–Crippen LogP) is 4.10. The van der Waals surface area contributed by atoms with E-state index in [9.17, 15) is 9.59 Å². The monoisotopic (exact) mass is 494 g/mol. The molecule has 7 heteroatoms. The van der Waals surface area contributed by atoms with E-state index < -0.39 is 17.7 Å². The molecule has 0 unspecified atom stereocenters. The van der Waals surface area contributed by atoms with Crippen LogP contribution < -0.4 is 9.47 Å². The lowest BCUT2D eigenvalue weighted by atomic mass is 10.1. The van der Waals surface area contributed by atoms with Gasteiger partial charge >= 0.3 is 11.9 Å². The second-order valence-electron chi connectivity index (χ2n) is 6.55. The first-order chi connectivity index (χ1) is 13.3. The third-order valence-electron chi connectivity index (χ3n) is 3.91. The summed E-state index contributed by atoms with van der Waals surface area (Å²) in [6.45, 7) is 3.40. The van der Waals surface area contributed by atoms with E-state index in [4.69, 9.17) is 18.9 Å². The van der Waals surface area contributed by atoms with Crippen molar-refractivity contribution in [1.29, 1.82) is 0 Å². The van der Waals surface area contributed by atoms with Gasteiger partial charge in [0, 0.05) is 13.8 Å². The molecule has 0 N–H and O–H groups in total. The molecule has 1 aliphatic heterocycles. The molecule has 6 nitrogen and oxygen atoms in total. The number of hydrogen-bond donors (Lipinski definition) is 0. The number of rotatable bonds is 5. The largest absolute Gasteiger partial charge is 0.493 e. The lowest BCUT2D eigenvalue weighted by molar-refractivity contribution is -0.222. The fourth-order valence-corrected chi connectivity index (χ4v) is 3.42. The van der Waals surface area contributed by atoms with Gasteiger partial charge in [0.1, 0.15) is 12.2 Å². The van der Waals surface area contributed by atoms with Gasteiger partial charge in [-0.1, -0.05) is 30.3 Å². The van der Waals surface area contributed by atoms with Gasteiger partial charge in [-0.3, -0.25) is 0 Å². The molecule has 0 aliphatic carbocycles. The molecule has 1 heterocycles. The van der Waals surface area contributed by atoms with Crippen molar-refractivity contribution in [2.75, 3.05) is 7.11 Å². The average molecular weight is 494 g/mol. The summed E-state index contributed by atoms with van der Waals surface area (Å²) >= 11 is 2.12. The fourth-order valence-electron chi connectivity index (χ4n) is 2.64. The van der Waals surface area contributed by atoms with Crippen molar-refractivity contribution < 1.29 is 28.5 Å². The van der Waals surface area contributed by atoms with Gasteiger partial charge in [0.15, 0.2) is 11.5 Å². The number of esters is 2. The standard InChI is InChI=1S/C21H19IO6/c1-21(2)27-19(23)15(20(24)28-21)9-14-10-16(22)18(17(11-14)25-3)26-12-13-7-5-4-6-8-13/h4-11H,12H2,1-3H3. The number of methoxy groups -OCH3 is 1. The van der Waals surface area contributed by atoms with Crippen molar-refractivity contribution in [3.05, 3.63) is 62.7 Å². The van der Waals surface area contributed by atoms with Gasteiger partial charge in [-0.15, -0.1) is 0 Å². The second kappa shape index (κ2) is 8.22. The molecular weight excluding hydrogens is 475 g/mol. The SMILES string of the molecule is COc1cc(C=C2C(=O)OC(C)(C)OC2=O)cc(I)c1OCc1ccccc1. The number of cyclic esters (lactones) is 2. The Kier molecular flexibility index (Phi) is 5.93. The van der Waals surface area contributed by atoms with Crippen LogP contribution in [0.15, 0.2) is 48.0 Å². The molecule has 1 saturated heterocycles. The molecule has 0 aromatic heterocycles. The third kappa shape index (κ3) is 4.64. The van der Waals surface area contributed by atoms with E-state index in [-0.39, 0.29) is 5.57 Å². The predicted molar refractivity (Wildman–Crippen MR) is 111 cm³/mol. The number of carbonyl (C=O) groups excluding carboxylic acids is 2. The summed E-state index contributed by atoms with van der Waals surface area (Å²) in [6.07, 6.45) is 1.42. The lowest BCUT2D eigenvalue weighted by Crippen LogP contribution is -2.41. The summed E-state index contributed by atoms with van der Waals surface area (Å²) in [5.41, 5.74) is 1.45. The Morgan fingerprint density at radius 3 is 2.32 bits per heavy atom. The summed E-state index contributed by atoms with van der Waals surface area (Å²) in [6, 6.07) is 13.3. The highest BCUT2D eigenvalue weighted by Crippen LogP contribution is 2.35. The van der Waals surface area contributed by atoms with E-state index in [0.717, 1.165) is 9.13 Å². The Balaban J connectivity index is 1.87. The van der Waals surface area contributed by atoms with E-state index in [2.05, 4.69) is 22.6 Å². The summed E-state index contributed by atoms with van der Waals surface area (Å²) in [4.78, 5) is 24.3. The first-order valence-electron chi connectivity index (χ1n) is 8.52. The Hall–Kier alpha value is -2.55. The molecule has 1 fully saturated rings. The van der Waals surface area contributed by atoms with Crippen molar-refractivity contribution in [2.24, 2.45) is 0 Å². The van der Waals surface area contributed by atoms with Crippen molar-refractivity contribution >= 4 is 40.6 Å². The maximum absolute atomic E-state index is 12.1. The Labute approximate surface area is 176 Å². The van der Waals surface area contributed by atoms with Crippen LogP contribution in [0.5, 0.6) is 11.5 Å². The molecule has 2 aromatic rings. The number of carbonyl (C=O) groups is 2. The highest BCUT2D eigenvalue weighted by molar-refractivity contribution is 14.1. The molecule has 1 aliphatic rings. The third-order valence-corrected chi connectivity index (χ3v) is 4.71. The summed E-state index contributed by atoms with van der Waals surface area (Å²) < 4.78 is 22.4. The molecule has 0 radical (unpaired) electrons. The molecule has 0 saturated carbocycles. The second-order valence-corrected chi connectivity index (χ2v) is 7.71. The number of ether oxygens (including phenoxy) is 4. The Morgan fingerprint density at radius 2 is 1.71 bits per heavy atom. The quantitative estimate of drug-likeness (QED) is 0.270. The topological polar surface area (TPSA) is 71.1 Å². The zero-order valence-electron chi connectivity index (χ0n) is 15.7. The minimum atomic E-state index is -1.27. The molecule has 146 valence electrons. The van der Waals surface area contributed by atoms with E-state index in [1.165, 1.54) is 27.0 Å². The zero-order valence-corrected chi connectivity index (χ0v) is 17.8. The fraction of sp³-hybridized carbons (Fsp3) is 0.238. The maximum Gasteiger partial charge on any atom is 0.348 e. The van der Waals surface area contributed by atoms with Crippen LogP contribution in [0.4, 0.5) is 0 Å². The molecule has 2 aromatic carbocycles. The normalized spacial score (nSPS) is 15.5. The van der Waals surface area contributed by atoms with E-state index in [1.807, 2.05) is 30.3 Å². The Morgan fingerprint density at radius 1 is 1.07 bits per heavy atom. The van der Waals surface area contributed by atoms with Crippen LogP contribution in [0.2, 0.25) is 0 Å². The van der Waals surface area contributed by atoms with E-state index >= 15 is 0 Å². The average Bonchev–Trinajstić information content (AvgIpc) is 2.63. The van der Waals surface area contributed by atoms with Gasteiger partial charge in [-0.2, -0.15) is 0 Å². The van der Waals surface area contributed by atoms with E-state index in [1.54, 1.807) is 12.1 Å². The highest BCUT2D eigenvalue weighted by Gasteiger charge is 2.38. The van der Waals surface area contributed by atoms with Crippen LogP contribution in [0.25, 0.3) is 6.08 Å². The highest BCUT2D eigenvalue weighted by atomic mass is 127. The van der Waals surface area contributed by atoms with Gasteiger partial charge in [0.2, 0.25) is 0 Å². The Bertz CT molecular complexity index is 911. The van der Waals surface area contributed by atoms with Crippen molar-refractivity contribution in [3.63, 3.8) is 0 Å². The van der Waals surface area contributed by atoms with Crippen molar-refractivity contribution in [3.8, 4) is 11.5 Å². The van der Waals surface area contributed by atoms with Crippen LogP contribution >= 0.6 is 22.6 Å². The summed E-state index contributed by atoms with van der Waals surface area (Å²) in [5.74, 6) is -1.64.